The van der Waals surface area contributed by atoms with Gasteiger partial charge in [0.05, 0.1) is 13.1 Å². The molecule has 4 N–H and O–H groups in total. The second-order valence-corrected chi connectivity index (χ2v) is 10.4. The first-order chi connectivity index (χ1) is 14.4. The predicted octanol–water partition coefficient (Wildman–Crippen LogP) is 2.64. The molecule has 30 heavy (non-hydrogen) atoms. The molecule has 164 valence electrons. The highest BCUT2D eigenvalue weighted by Gasteiger charge is 2.12. The molecule has 1 aliphatic heterocycles. The average molecular weight is 450 g/mol. The Morgan fingerprint density at radius 1 is 1.07 bits per heavy atom. The normalized spacial score (nSPS) is 15.9. The molecule has 0 unspecified atom stereocenters. The summed E-state index contributed by atoms with van der Waals surface area (Å²) >= 11 is 1.17. The van der Waals surface area contributed by atoms with Crippen molar-refractivity contribution in [1.82, 2.24) is 15.5 Å². The maximum atomic E-state index is 11.4. The number of benzene rings is 1. The molecule has 0 radical (unpaired) electrons. The molecule has 1 fully saturated rings. The van der Waals surface area contributed by atoms with Crippen molar-refractivity contribution in [2.45, 2.75) is 50.0 Å². The SMILES string of the molecule is CCNC(=NCc1ccc(CN2CCCCC2)cc1)NCc1ccc(S(N)(=O)=O)s1. The smallest absolute Gasteiger partial charge is 0.247 e. The van der Waals surface area contributed by atoms with Crippen LogP contribution in [0.2, 0.25) is 0 Å². The van der Waals surface area contributed by atoms with Crippen LogP contribution < -0.4 is 15.8 Å². The van der Waals surface area contributed by atoms with Gasteiger partial charge in [-0.25, -0.2) is 18.5 Å². The number of nitrogens with two attached hydrogens (primary N) is 1. The van der Waals surface area contributed by atoms with E-state index in [4.69, 9.17) is 5.14 Å². The Hall–Kier alpha value is -1.94. The summed E-state index contributed by atoms with van der Waals surface area (Å²) in [4.78, 5) is 8.05. The lowest BCUT2D eigenvalue weighted by Crippen LogP contribution is -2.36. The van der Waals surface area contributed by atoms with E-state index in [9.17, 15) is 8.42 Å². The highest BCUT2D eigenvalue weighted by Crippen LogP contribution is 2.20. The van der Waals surface area contributed by atoms with Crippen LogP contribution in [0.1, 0.15) is 42.2 Å². The van der Waals surface area contributed by atoms with E-state index in [0.29, 0.717) is 19.0 Å². The van der Waals surface area contributed by atoms with E-state index >= 15 is 0 Å². The van der Waals surface area contributed by atoms with Gasteiger partial charge in [-0.05, 0) is 56.1 Å². The largest absolute Gasteiger partial charge is 0.357 e. The molecule has 1 aromatic heterocycles. The first-order valence-corrected chi connectivity index (χ1v) is 12.7. The first kappa shape index (κ1) is 22.7. The van der Waals surface area contributed by atoms with Crippen LogP contribution in [0, 0.1) is 0 Å². The van der Waals surface area contributed by atoms with Crippen LogP contribution in [0.15, 0.2) is 45.6 Å². The van der Waals surface area contributed by atoms with Crippen LogP contribution >= 0.6 is 11.3 Å². The number of hydrogen-bond donors (Lipinski definition) is 3. The van der Waals surface area contributed by atoms with Crippen molar-refractivity contribution >= 4 is 27.3 Å². The summed E-state index contributed by atoms with van der Waals surface area (Å²) < 4.78 is 23.0. The zero-order chi connectivity index (χ0) is 21.4. The van der Waals surface area contributed by atoms with Gasteiger partial charge in [0.15, 0.2) is 5.96 Å². The average Bonchev–Trinajstić information content (AvgIpc) is 3.22. The molecule has 0 amide bonds. The van der Waals surface area contributed by atoms with Crippen molar-refractivity contribution in [1.29, 1.82) is 0 Å². The van der Waals surface area contributed by atoms with E-state index in [-0.39, 0.29) is 4.21 Å². The molecule has 3 rings (SSSR count). The number of rotatable bonds is 8. The van der Waals surface area contributed by atoms with Gasteiger partial charge in [0, 0.05) is 18.0 Å². The third-order valence-electron chi connectivity index (χ3n) is 4.99. The van der Waals surface area contributed by atoms with Crippen LogP contribution in [-0.4, -0.2) is 38.9 Å². The number of nitrogens with zero attached hydrogens (tertiary/aromatic N) is 2. The van der Waals surface area contributed by atoms with Gasteiger partial charge in [0.1, 0.15) is 4.21 Å². The molecule has 2 heterocycles. The van der Waals surface area contributed by atoms with Gasteiger partial charge in [-0.1, -0.05) is 30.7 Å². The predicted molar refractivity (Wildman–Crippen MR) is 123 cm³/mol. The van der Waals surface area contributed by atoms with Crippen LogP contribution in [-0.2, 0) is 29.7 Å². The maximum Gasteiger partial charge on any atom is 0.247 e. The third-order valence-corrected chi connectivity index (χ3v) is 7.51. The van der Waals surface area contributed by atoms with Crippen molar-refractivity contribution in [3.8, 4) is 0 Å². The van der Waals surface area contributed by atoms with Gasteiger partial charge < -0.3 is 10.6 Å². The standard InChI is InChI=1S/C21H31N5O2S2/c1-2-23-21(25-15-19-10-11-20(29-19)30(22,27)28)24-14-17-6-8-18(9-7-17)16-26-12-4-3-5-13-26/h6-11H,2-5,12-16H2,1H3,(H2,22,27,28)(H2,23,24,25). The van der Waals surface area contributed by atoms with E-state index in [1.165, 1.54) is 55.3 Å². The third kappa shape index (κ3) is 7.09. The molecule has 1 aromatic carbocycles. The van der Waals surface area contributed by atoms with E-state index < -0.39 is 10.0 Å². The number of aliphatic imine (C=N–C) groups is 1. The maximum absolute atomic E-state index is 11.4. The van der Waals surface area contributed by atoms with Crippen LogP contribution in [0.5, 0.6) is 0 Å². The first-order valence-electron chi connectivity index (χ1n) is 10.4. The topological polar surface area (TPSA) is 99.8 Å². The highest BCUT2D eigenvalue weighted by molar-refractivity contribution is 7.91. The molecule has 0 aliphatic carbocycles. The number of guanidine groups is 1. The Bertz CT molecular complexity index is 933. The molecule has 1 aliphatic rings. The fourth-order valence-corrected chi connectivity index (χ4v) is 5.13. The van der Waals surface area contributed by atoms with Crippen molar-refractivity contribution < 1.29 is 8.42 Å². The molecule has 9 heteroatoms. The lowest BCUT2D eigenvalue weighted by atomic mass is 10.1. The number of hydrogen-bond acceptors (Lipinski definition) is 5. The van der Waals surface area contributed by atoms with Crippen LogP contribution in [0.25, 0.3) is 0 Å². The number of thiophene rings is 1. The van der Waals surface area contributed by atoms with Gasteiger partial charge in [-0.2, -0.15) is 0 Å². The van der Waals surface area contributed by atoms with E-state index in [0.717, 1.165) is 23.5 Å². The fourth-order valence-electron chi connectivity index (χ4n) is 3.41. The van der Waals surface area contributed by atoms with Crippen molar-refractivity contribution in [3.05, 3.63) is 52.4 Å². The van der Waals surface area contributed by atoms with Gasteiger partial charge in [-0.15, -0.1) is 11.3 Å². The van der Waals surface area contributed by atoms with E-state index in [1.54, 1.807) is 6.07 Å². The number of piperidine rings is 1. The van der Waals surface area contributed by atoms with Gasteiger partial charge >= 0.3 is 0 Å². The second kappa shape index (κ2) is 10.9. The monoisotopic (exact) mass is 449 g/mol. The number of sulfonamides is 1. The van der Waals surface area contributed by atoms with E-state index in [2.05, 4.69) is 44.8 Å². The number of likely N-dealkylation sites (tertiary alicyclic amines) is 1. The van der Waals surface area contributed by atoms with Gasteiger partial charge in [-0.3, -0.25) is 4.90 Å². The van der Waals surface area contributed by atoms with Crippen LogP contribution in [0.4, 0.5) is 0 Å². The quantitative estimate of drug-likeness (QED) is 0.425. The summed E-state index contributed by atoms with van der Waals surface area (Å²) in [7, 11) is -3.65. The number of nitrogens with one attached hydrogen (secondary N) is 2. The summed E-state index contributed by atoms with van der Waals surface area (Å²) in [5.74, 6) is 0.695. The van der Waals surface area contributed by atoms with Crippen molar-refractivity contribution in [2.75, 3.05) is 19.6 Å². The fraction of sp³-hybridized carbons (Fsp3) is 0.476. The van der Waals surface area contributed by atoms with Crippen molar-refractivity contribution in [2.24, 2.45) is 10.1 Å². The van der Waals surface area contributed by atoms with Crippen molar-refractivity contribution in [3.63, 3.8) is 0 Å². The lowest BCUT2D eigenvalue weighted by molar-refractivity contribution is 0.221. The molecule has 2 aromatic rings. The highest BCUT2D eigenvalue weighted by atomic mass is 32.2. The Labute approximate surface area is 183 Å². The minimum Gasteiger partial charge on any atom is -0.357 e. The Morgan fingerprint density at radius 2 is 1.77 bits per heavy atom. The summed E-state index contributed by atoms with van der Waals surface area (Å²) in [5.41, 5.74) is 2.50. The minimum atomic E-state index is -3.65. The van der Waals surface area contributed by atoms with Crippen LogP contribution in [0.3, 0.4) is 0 Å². The lowest BCUT2D eigenvalue weighted by Gasteiger charge is -2.26. The molecular weight excluding hydrogens is 418 g/mol. The van der Waals surface area contributed by atoms with Gasteiger partial charge in [0.2, 0.25) is 10.0 Å². The molecule has 0 atom stereocenters. The Morgan fingerprint density at radius 3 is 2.40 bits per heavy atom. The molecule has 0 bridgehead atoms. The molecular formula is C21H31N5O2S2. The zero-order valence-electron chi connectivity index (χ0n) is 17.4. The molecule has 0 saturated carbocycles. The van der Waals surface area contributed by atoms with E-state index in [1.807, 2.05) is 6.92 Å². The summed E-state index contributed by atoms with van der Waals surface area (Å²) in [6.45, 7) is 7.24. The van der Waals surface area contributed by atoms with Gasteiger partial charge in [0.25, 0.3) is 0 Å². The summed E-state index contributed by atoms with van der Waals surface area (Å²) in [5, 5.41) is 11.6. The zero-order valence-corrected chi connectivity index (χ0v) is 19.1. The minimum absolute atomic E-state index is 0.172. The molecule has 0 spiro atoms. The Balaban J connectivity index is 1.54. The Kier molecular flexibility index (Phi) is 8.26. The molecule has 7 nitrogen and oxygen atoms in total. The summed E-state index contributed by atoms with van der Waals surface area (Å²) in [6, 6.07) is 12.0. The summed E-state index contributed by atoms with van der Waals surface area (Å²) in [6.07, 6.45) is 3.97. The molecule has 1 saturated heterocycles. The number of primary sulfonamides is 1. The second-order valence-electron chi connectivity index (χ2n) is 7.47.